The van der Waals surface area contributed by atoms with Crippen LogP contribution >= 0.6 is 0 Å². The fourth-order valence-electron chi connectivity index (χ4n) is 2.92. The van der Waals surface area contributed by atoms with Crippen molar-refractivity contribution in [1.82, 2.24) is 15.5 Å². The third-order valence-electron chi connectivity index (χ3n) is 4.03. The second-order valence-electron chi connectivity index (χ2n) is 5.74. The lowest BCUT2D eigenvalue weighted by atomic mass is 9.99. The quantitative estimate of drug-likeness (QED) is 0.581. The van der Waals surface area contributed by atoms with E-state index in [9.17, 15) is 0 Å². The van der Waals surface area contributed by atoms with Gasteiger partial charge in [0.05, 0.1) is 6.10 Å². The van der Waals surface area contributed by atoms with Gasteiger partial charge in [-0.25, -0.2) is 0 Å². The molecule has 0 aromatic carbocycles. The first-order valence-corrected chi connectivity index (χ1v) is 7.52. The van der Waals surface area contributed by atoms with Crippen LogP contribution in [0.25, 0.3) is 0 Å². The summed E-state index contributed by atoms with van der Waals surface area (Å²) in [5.74, 6) is 1.64. The van der Waals surface area contributed by atoms with E-state index in [1.54, 1.807) is 0 Å². The predicted octanol–water partition coefficient (Wildman–Crippen LogP) is 0.672. The number of rotatable bonds is 4. The SMILES string of the molecule is CN=C(NCC1CCCN(C)C1)NCC1CCCO1. The molecule has 2 aliphatic heterocycles. The smallest absolute Gasteiger partial charge is 0.191 e. The number of ether oxygens (including phenoxy) is 1. The number of hydrogen-bond donors (Lipinski definition) is 2. The van der Waals surface area contributed by atoms with Gasteiger partial charge in [-0.1, -0.05) is 0 Å². The summed E-state index contributed by atoms with van der Waals surface area (Å²) in [7, 11) is 4.04. The van der Waals surface area contributed by atoms with E-state index in [-0.39, 0.29) is 0 Å². The molecular formula is C14H28N4O. The zero-order valence-corrected chi connectivity index (χ0v) is 12.3. The highest BCUT2D eigenvalue weighted by Crippen LogP contribution is 2.14. The molecule has 2 atom stereocenters. The summed E-state index contributed by atoms with van der Waals surface area (Å²) < 4.78 is 5.60. The molecule has 110 valence electrons. The Morgan fingerprint density at radius 3 is 2.79 bits per heavy atom. The Morgan fingerprint density at radius 1 is 1.26 bits per heavy atom. The average molecular weight is 268 g/mol. The average Bonchev–Trinajstić information content (AvgIpc) is 2.92. The molecule has 2 aliphatic rings. The highest BCUT2D eigenvalue weighted by atomic mass is 16.5. The van der Waals surface area contributed by atoms with Gasteiger partial charge in [0.1, 0.15) is 0 Å². The lowest BCUT2D eigenvalue weighted by Crippen LogP contribution is -2.45. The van der Waals surface area contributed by atoms with Crippen LogP contribution in [-0.4, -0.2) is 63.8 Å². The Labute approximate surface area is 116 Å². The van der Waals surface area contributed by atoms with E-state index < -0.39 is 0 Å². The van der Waals surface area contributed by atoms with E-state index in [2.05, 4.69) is 27.6 Å². The van der Waals surface area contributed by atoms with Crippen molar-refractivity contribution in [1.29, 1.82) is 0 Å². The molecule has 0 saturated carbocycles. The van der Waals surface area contributed by atoms with Gasteiger partial charge in [0.25, 0.3) is 0 Å². The summed E-state index contributed by atoms with van der Waals surface area (Å²) >= 11 is 0. The van der Waals surface area contributed by atoms with E-state index >= 15 is 0 Å². The molecule has 2 saturated heterocycles. The van der Waals surface area contributed by atoms with Crippen molar-refractivity contribution in [2.24, 2.45) is 10.9 Å². The summed E-state index contributed by atoms with van der Waals surface area (Å²) in [4.78, 5) is 6.69. The van der Waals surface area contributed by atoms with Crippen LogP contribution in [0.15, 0.2) is 4.99 Å². The molecule has 0 amide bonds. The molecule has 19 heavy (non-hydrogen) atoms. The third kappa shape index (κ3) is 4.99. The third-order valence-corrected chi connectivity index (χ3v) is 4.03. The highest BCUT2D eigenvalue weighted by Gasteiger charge is 2.18. The zero-order valence-electron chi connectivity index (χ0n) is 12.3. The molecule has 2 rings (SSSR count). The van der Waals surface area contributed by atoms with Crippen LogP contribution < -0.4 is 10.6 Å². The van der Waals surface area contributed by atoms with Crippen LogP contribution in [0.1, 0.15) is 25.7 Å². The van der Waals surface area contributed by atoms with Gasteiger partial charge < -0.3 is 20.3 Å². The Kier molecular flexibility index (Phi) is 5.92. The van der Waals surface area contributed by atoms with Gasteiger partial charge >= 0.3 is 0 Å². The van der Waals surface area contributed by atoms with Gasteiger partial charge in [0.2, 0.25) is 0 Å². The first-order valence-electron chi connectivity index (χ1n) is 7.52. The maximum Gasteiger partial charge on any atom is 0.191 e. The van der Waals surface area contributed by atoms with Crippen LogP contribution in [-0.2, 0) is 4.74 Å². The van der Waals surface area contributed by atoms with Gasteiger partial charge in [0.15, 0.2) is 5.96 Å². The minimum absolute atomic E-state index is 0.361. The molecule has 0 aromatic rings. The molecular weight excluding hydrogens is 240 g/mol. The maximum absolute atomic E-state index is 5.60. The summed E-state index contributed by atoms with van der Waals surface area (Å²) in [6.07, 6.45) is 5.34. The molecule has 2 N–H and O–H groups in total. The molecule has 0 aliphatic carbocycles. The number of nitrogens with zero attached hydrogens (tertiary/aromatic N) is 2. The van der Waals surface area contributed by atoms with Gasteiger partial charge in [0, 0.05) is 33.3 Å². The van der Waals surface area contributed by atoms with E-state index in [4.69, 9.17) is 4.74 Å². The summed E-state index contributed by atoms with van der Waals surface area (Å²) in [5.41, 5.74) is 0. The van der Waals surface area contributed by atoms with Crippen LogP contribution in [0.5, 0.6) is 0 Å². The summed E-state index contributed by atoms with van der Waals surface area (Å²) in [6, 6.07) is 0. The number of nitrogens with one attached hydrogen (secondary N) is 2. The maximum atomic E-state index is 5.60. The molecule has 0 bridgehead atoms. The topological polar surface area (TPSA) is 48.9 Å². The van der Waals surface area contributed by atoms with E-state index in [0.29, 0.717) is 6.10 Å². The van der Waals surface area contributed by atoms with E-state index in [0.717, 1.165) is 38.0 Å². The second-order valence-corrected chi connectivity index (χ2v) is 5.74. The fourth-order valence-corrected chi connectivity index (χ4v) is 2.92. The fraction of sp³-hybridized carbons (Fsp3) is 0.929. The first-order chi connectivity index (χ1) is 9.28. The molecule has 2 unspecified atom stereocenters. The van der Waals surface area contributed by atoms with Crippen molar-refractivity contribution in [3.05, 3.63) is 0 Å². The number of aliphatic imine (C=N–C) groups is 1. The number of hydrogen-bond acceptors (Lipinski definition) is 3. The van der Waals surface area contributed by atoms with Crippen LogP contribution in [0.3, 0.4) is 0 Å². The van der Waals surface area contributed by atoms with Gasteiger partial charge in [-0.2, -0.15) is 0 Å². The Bertz CT molecular complexity index is 289. The predicted molar refractivity (Wildman–Crippen MR) is 78.6 cm³/mol. The summed E-state index contributed by atoms with van der Waals surface area (Å²) in [5, 5.41) is 6.80. The van der Waals surface area contributed by atoms with Crippen molar-refractivity contribution in [2.75, 3.05) is 46.9 Å². The minimum atomic E-state index is 0.361. The molecule has 2 heterocycles. The first kappa shape index (κ1) is 14.6. The molecule has 0 radical (unpaired) electrons. The lowest BCUT2D eigenvalue weighted by molar-refractivity contribution is 0.113. The molecule has 0 spiro atoms. The largest absolute Gasteiger partial charge is 0.376 e. The van der Waals surface area contributed by atoms with Gasteiger partial charge in [-0.3, -0.25) is 4.99 Å². The van der Waals surface area contributed by atoms with Crippen molar-refractivity contribution < 1.29 is 4.74 Å². The van der Waals surface area contributed by atoms with Crippen LogP contribution in [0, 0.1) is 5.92 Å². The van der Waals surface area contributed by atoms with Gasteiger partial charge in [-0.05, 0) is 45.2 Å². The number of likely N-dealkylation sites (tertiary alicyclic amines) is 1. The lowest BCUT2D eigenvalue weighted by Gasteiger charge is -2.30. The number of piperidine rings is 1. The van der Waals surface area contributed by atoms with Gasteiger partial charge in [-0.15, -0.1) is 0 Å². The zero-order chi connectivity index (χ0) is 13.5. The number of guanidine groups is 1. The highest BCUT2D eigenvalue weighted by molar-refractivity contribution is 5.79. The summed E-state index contributed by atoms with van der Waals surface area (Å²) in [6.45, 7) is 5.21. The molecule has 5 heteroatoms. The molecule has 2 fully saturated rings. The van der Waals surface area contributed by atoms with Crippen molar-refractivity contribution in [3.8, 4) is 0 Å². The Balaban J connectivity index is 1.64. The molecule has 5 nitrogen and oxygen atoms in total. The van der Waals surface area contributed by atoms with Crippen LogP contribution in [0.2, 0.25) is 0 Å². The minimum Gasteiger partial charge on any atom is -0.376 e. The van der Waals surface area contributed by atoms with Crippen molar-refractivity contribution in [3.63, 3.8) is 0 Å². The van der Waals surface area contributed by atoms with E-state index in [1.807, 2.05) is 7.05 Å². The van der Waals surface area contributed by atoms with Crippen molar-refractivity contribution in [2.45, 2.75) is 31.8 Å². The normalized spacial score (nSPS) is 29.5. The standard InChI is InChI=1S/C14H28N4O/c1-15-14(17-10-13-6-4-8-19-13)16-9-12-5-3-7-18(2)11-12/h12-13H,3-11H2,1-2H3,(H2,15,16,17). The Morgan fingerprint density at radius 2 is 2.11 bits per heavy atom. The van der Waals surface area contributed by atoms with Crippen molar-refractivity contribution >= 4 is 5.96 Å². The second kappa shape index (κ2) is 7.70. The Hall–Kier alpha value is -0.810. The molecule has 0 aromatic heterocycles. The monoisotopic (exact) mass is 268 g/mol. The van der Waals surface area contributed by atoms with Crippen LogP contribution in [0.4, 0.5) is 0 Å². The van der Waals surface area contributed by atoms with E-state index in [1.165, 1.54) is 32.4 Å².